The summed E-state index contributed by atoms with van der Waals surface area (Å²) in [5, 5.41) is 9.53. The molecule has 1 saturated heterocycles. The number of methoxy groups -OCH3 is 1. The molecule has 6 heteroatoms. The molecular weight excluding hydrogens is 374 g/mol. The van der Waals surface area contributed by atoms with E-state index in [9.17, 15) is 0 Å². The van der Waals surface area contributed by atoms with Crippen molar-refractivity contribution in [2.24, 2.45) is 5.73 Å². The van der Waals surface area contributed by atoms with Crippen LogP contribution in [0.5, 0.6) is 11.5 Å². The zero-order valence-electron chi connectivity index (χ0n) is 15.9. The van der Waals surface area contributed by atoms with Crippen molar-refractivity contribution in [3.05, 3.63) is 58.1 Å². The Kier molecular flexibility index (Phi) is 5.45. The molecule has 1 heterocycles. The van der Waals surface area contributed by atoms with E-state index in [0.29, 0.717) is 16.3 Å². The monoisotopic (exact) mass is 397 g/mol. The minimum Gasteiger partial charge on any atom is -0.497 e. The Morgan fingerprint density at radius 2 is 2.11 bits per heavy atom. The molecule has 1 aliphatic carbocycles. The molecule has 2 aliphatic rings. The van der Waals surface area contributed by atoms with Gasteiger partial charge in [0.1, 0.15) is 17.6 Å². The summed E-state index contributed by atoms with van der Waals surface area (Å²) in [7, 11) is 1.67. The van der Waals surface area contributed by atoms with E-state index in [1.807, 2.05) is 6.07 Å². The molecule has 1 fully saturated rings. The molecule has 4 rings (SSSR count). The van der Waals surface area contributed by atoms with Gasteiger partial charge in [-0.3, -0.25) is 4.90 Å². The molecule has 5 nitrogen and oxygen atoms in total. The molecule has 3 unspecified atom stereocenters. The maximum Gasteiger partial charge on any atom is 0.140 e. The Labute approximate surface area is 170 Å². The van der Waals surface area contributed by atoms with E-state index in [0.717, 1.165) is 43.7 Å². The lowest BCUT2D eigenvalue weighted by Gasteiger charge is -2.38. The molecule has 0 amide bonds. The highest BCUT2D eigenvalue weighted by Gasteiger charge is 2.39. The predicted molar refractivity (Wildman–Crippen MR) is 109 cm³/mol. The molecular formula is C22H24ClN3O2. The quantitative estimate of drug-likeness (QED) is 0.851. The van der Waals surface area contributed by atoms with Crippen LogP contribution in [-0.4, -0.2) is 37.2 Å². The molecule has 0 saturated carbocycles. The smallest absolute Gasteiger partial charge is 0.140 e. The summed E-state index contributed by atoms with van der Waals surface area (Å²) in [5.74, 6) is 1.40. The number of rotatable bonds is 4. The van der Waals surface area contributed by atoms with Gasteiger partial charge in [-0.1, -0.05) is 17.7 Å². The van der Waals surface area contributed by atoms with Gasteiger partial charge in [0.05, 0.1) is 29.8 Å². The van der Waals surface area contributed by atoms with Crippen molar-refractivity contribution in [2.75, 3.05) is 20.2 Å². The lowest BCUT2D eigenvalue weighted by molar-refractivity contribution is 0.0593. The Balaban J connectivity index is 1.68. The van der Waals surface area contributed by atoms with Gasteiger partial charge in [0.25, 0.3) is 0 Å². The maximum absolute atomic E-state index is 9.08. The van der Waals surface area contributed by atoms with Gasteiger partial charge in [-0.15, -0.1) is 0 Å². The minimum atomic E-state index is -0.166. The van der Waals surface area contributed by atoms with Gasteiger partial charge >= 0.3 is 0 Å². The van der Waals surface area contributed by atoms with E-state index in [1.54, 1.807) is 25.3 Å². The van der Waals surface area contributed by atoms with Crippen molar-refractivity contribution in [3.63, 3.8) is 0 Å². The Morgan fingerprint density at radius 3 is 2.82 bits per heavy atom. The number of halogens is 1. The van der Waals surface area contributed by atoms with Crippen molar-refractivity contribution in [1.82, 2.24) is 4.90 Å². The Morgan fingerprint density at radius 1 is 1.25 bits per heavy atom. The minimum absolute atomic E-state index is 0.166. The number of piperidine rings is 1. The molecule has 2 aromatic carbocycles. The highest BCUT2D eigenvalue weighted by Crippen LogP contribution is 2.41. The van der Waals surface area contributed by atoms with Crippen LogP contribution >= 0.6 is 11.6 Å². The number of nitrogens with zero attached hydrogens (tertiary/aromatic N) is 2. The summed E-state index contributed by atoms with van der Waals surface area (Å²) in [6.07, 6.45) is 2.91. The summed E-state index contributed by atoms with van der Waals surface area (Å²) in [4.78, 5) is 2.45. The second kappa shape index (κ2) is 8.00. The van der Waals surface area contributed by atoms with Crippen LogP contribution in [0.2, 0.25) is 5.02 Å². The van der Waals surface area contributed by atoms with Crippen LogP contribution in [0.25, 0.3) is 0 Å². The largest absolute Gasteiger partial charge is 0.497 e. The second-order valence-corrected chi connectivity index (χ2v) is 7.94. The molecule has 1 aliphatic heterocycles. The van der Waals surface area contributed by atoms with Crippen LogP contribution in [0.15, 0.2) is 36.4 Å². The average Bonchev–Trinajstić information content (AvgIpc) is 3.07. The predicted octanol–water partition coefficient (Wildman–Crippen LogP) is 3.69. The summed E-state index contributed by atoms with van der Waals surface area (Å²) in [5.41, 5.74) is 9.15. The molecule has 28 heavy (non-hydrogen) atoms. The summed E-state index contributed by atoms with van der Waals surface area (Å²) >= 11 is 6.39. The normalized spacial score (nSPS) is 24.4. The molecule has 146 valence electrons. The van der Waals surface area contributed by atoms with Crippen LogP contribution < -0.4 is 15.2 Å². The molecule has 0 bridgehead atoms. The van der Waals surface area contributed by atoms with Gasteiger partial charge in [0.2, 0.25) is 0 Å². The summed E-state index contributed by atoms with van der Waals surface area (Å²) in [6, 6.07) is 13.8. The highest BCUT2D eigenvalue weighted by molar-refractivity contribution is 6.32. The fraction of sp³-hybridized carbons (Fsp3) is 0.409. The van der Waals surface area contributed by atoms with Gasteiger partial charge in [0, 0.05) is 18.2 Å². The first-order valence-electron chi connectivity index (χ1n) is 9.62. The van der Waals surface area contributed by atoms with Crippen molar-refractivity contribution >= 4 is 11.6 Å². The van der Waals surface area contributed by atoms with E-state index >= 15 is 0 Å². The Hall–Kier alpha value is -2.26. The standard InChI is InChI=1S/C22H24ClN3O2/c1-27-17-6-5-15-10-20(26-8-2-3-16(25)13-26)22(18(15)11-17)28-21-7-4-14(12-24)9-19(21)23/h4-7,9,11,16,20,22H,2-3,8,10,13,25H2,1H3. The fourth-order valence-electron chi connectivity index (χ4n) is 4.30. The van der Waals surface area contributed by atoms with Crippen molar-refractivity contribution < 1.29 is 9.47 Å². The third kappa shape index (κ3) is 3.68. The van der Waals surface area contributed by atoms with Gasteiger partial charge in [-0.2, -0.15) is 5.26 Å². The Bertz CT molecular complexity index is 911. The number of nitrogens with two attached hydrogens (primary N) is 1. The third-order valence-corrected chi connectivity index (χ3v) is 6.01. The zero-order chi connectivity index (χ0) is 19.7. The van der Waals surface area contributed by atoms with Crippen LogP contribution in [0.1, 0.15) is 35.6 Å². The first-order valence-corrected chi connectivity index (χ1v) is 9.99. The molecule has 0 spiro atoms. The van der Waals surface area contributed by atoms with Crippen molar-refractivity contribution in [3.8, 4) is 17.6 Å². The van der Waals surface area contributed by atoms with Crippen molar-refractivity contribution in [1.29, 1.82) is 5.26 Å². The SMILES string of the molecule is COc1ccc2c(c1)C(Oc1ccc(C#N)cc1Cl)C(N1CCCC(N)C1)C2. The number of likely N-dealkylation sites (tertiary alicyclic amines) is 1. The maximum atomic E-state index is 9.08. The number of hydrogen-bond donors (Lipinski definition) is 1. The summed E-state index contributed by atoms with van der Waals surface area (Å²) < 4.78 is 11.9. The molecule has 3 atom stereocenters. The first-order chi connectivity index (χ1) is 13.6. The highest BCUT2D eigenvalue weighted by atomic mass is 35.5. The second-order valence-electron chi connectivity index (χ2n) is 7.53. The van der Waals surface area contributed by atoms with Crippen LogP contribution in [0.4, 0.5) is 0 Å². The van der Waals surface area contributed by atoms with E-state index in [2.05, 4.69) is 23.1 Å². The molecule has 0 radical (unpaired) electrons. The van der Waals surface area contributed by atoms with Crippen molar-refractivity contribution in [2.45, 2.75) is 37.5 Å². The van der Waals surface area contributed by atoms with Crippen LogP contribution in [0, 0.1) is 11.3 Å². The average molecular weight is 398 g/mol. The van der Waals surface area contributed by atoms with Gasteiger partial charge in [-0.25, -0.2) is 0 Å². The van der Waals surface area contributed by atoms with E-state index < -0.39 is 0 Å². The van der Waals surface area contributed by atoms with Gasteiger partial charge in [0.15, 0.2) is 0 Å². The molecule has 2 aromatic rings. The van der Waals surface area contributed by atoms with Crippen LogP contribution in [0.3, 0.4) is 0 Å². The third-order valence-electron chi connectivity index (χ3n) is 5.71. The molecule has 2 N–H and O–H groups in total. The number of benzene rings is 2. The summed E-state index contributed by atoms with van der Waals surface area (Å²) in [6.45, 7) is 1.89. The number of ether oxygens (including phenoxy) is 2. The lowest BCUT2D eigenvalue weighted by Crippen LogP contribution is -2.49. The van der Waals surface area contributed by atoms with Crippen LogP contribution in [-0.2, 0) is 6.42 Å². The van der Waals surface area contributed by atoms with Gasteiger partial charge < -0.3 is 15.2 Å². The fourth-order valence-corrected chi connectivity index (χ4v) is 4.52. The lowest BCUT2D eigenvalue weighted by atomic mass is 10.0. The first kappa shape index (κ1) is 19.1. The van der Waals surface area contributed by atoms with Gasteiger partial charge in [-0.05, 0) is 61.7 Å². The number of hydrogen-bond acceptors (Lipinski definition) is 5. The van der Waals surface area contributed by atoms with E-state index in [1.165, 1.54) is 5.56 Å². The zero-order valence-corrected chi connectivity index (χ0v) is 16.7. The molecule has 0 aromatic heterocycles. The number of fused-ring (bicyclic) bond motifs is 1. The topological polar surface area (TPSA) is 71.5 Å². The van der Waals surface area contributed by atoms with E-state index in [4.69, 9.17) is 32.1 Å². The number of nitriles is 1. The van der Waals surface area contributed by atoms with E-state index in [-0.39, 0.29) is 18.2 Å².